The van der Waals surface area contributed by atoms with Crippen LogP contribution in [0, 0.1) is 6.42 Å². The van der Waals surface area contributed by atoms with Gasteiger partial charge in [-0.1, -0.05) is 166 Å². The van der Waals surface area contributed by atoms with Crippen molar-refractivity contribution in [1.82, 2.24) is 0 Å². The van der Waals surface area contributed by atoms with Crippen LogP contribution in [0.15, 0.2) is 87.5 Å². The van der Waals surface area contributed by atoms with E-state index in [2.05, 4.69) is 13.8 Å². The van der Waals surface area contributed by atoms with Crippen LogP contribution in [0.5, 0.6) is 0 Å². The molecule has 3 rings (SSSR count). The largest absolute Gasteiger partial charge is 4.00 e. The van der Waals surface area contributed by atoms with Crippen molar-refractivity contribution in [2.75, 3.05) is 5.73 Å². The molecule has 0 aliphatic heterocycles. The average Bonchev–Trinajstić information content (AvgIpc) is 3.17. The van der Waals surface area contributed by atoms with Gasteiger partial charge in [-0.05, 0) is 106 Å². The fraction of sp³-hybridized carbons (Fsp3) is 0.578. The van der Waals surface area contributed by atoms with Crippen LogP contribution in [0.4, 0.5) is 5.69 Å². The summed E-state index contributed by atoms with van der Waals surface area (Å²) in [5.41, 5.74) is 7.82. The molecular weight excluding hydrogens is 795 g/mol. The van der Waals surface area contributed by atoms with E-state index in [1.54, 1.807) is 36.4 Å². The fourth-order valence-corrected chi connectivity index (χ4v) is 7.44. The molecule has 3 atom stereocenters. The van der Waals surface area contributed by atoms with Gasteiger partial charge >= 0.3 is 21.7 Å². The van der Waals surface area contributed by atoms with Crippen LogP contribution in [-0.2, 0) is 67.8 Å². The molecule has 2 N–H and O–H groups in total. The smallest absolute Gasteiger partial charge is 0.768 e. The summed E-state index contributed by atoms with van der Waals surface area (Å²) in [4.78, 5) is 1.19. The number of anilines is 1. The fourth-order valence-electron chi connectivity index (χ4n) is 5.93. The quantitative estimate of drug-likeness (QED) is 0.0293. The minimum absolute atomic E-state index is 0. The number of benzene rings is 3. The Balaban J connectivity index is 0. The molecule has 0 amide bonds. The van der Waals surface area contributed by atoms with Gasteiger partial charge in [-0.3, -0.25) is 12.6 Å². The molecule has 0 spiro atoms. The van der Waals surface area contributed by atoms with Crippen LogP contribution in [0.1, 0.15) is 167 Å². The third-order valence-corrected chi connectivity index (χ3v) is 11.1. The maximum Gasteiger partial charge on any atom is 4.00 e. The molecule has 314 valence electrons. The molecule has 0 radical (unpaired) electrons. The predicted molar refractivity (Wildman–Crippen MR) is 232 cm³/mol. The van der Waals surface area contributed by atoms with Gasteiger partial charge in [0.2, 0.25) is 0 Å². The van der Waals surface area contributed by atoms with Crippen molar-refractivity contribution in [3.05, 3.63) is 90.3 Å². The molecule has 0 fully saturated rings. The molecule has 0 aliphatic carbocycles. The van der Waals surface area contributed by atoms with Crippen molar-refractivity contribution in [2.24, 2.45) is 0 Å². The number of hydrogen-bond donors (Lipinski definition) is 1. The Morgan fingerprint density at radius 2 is 0.750 bits per heavy atom. The second kappa shape index (κ2) is 40.3. The summed E-state index contributed by atoms with van der Waals surface area (Å²) >= 11 is -6.35. The van der Waals surface area contributed by atoms with E-state index in [1.165, 1.54) is 128 Å². The molecule has 0 bridgehead atoms. The topological polar surface area (TPSA) is 146 Å². The molecule has 0 aliphatic rings. The first-order chi connectivity index (χ1) is 26.6. The van der Waals surface area contributed by atoms with E-state index < -0.39 is 33.2 Å². The van der Waals surface area contributed by atoms with Gasteiger partial charge < -0.3 is 25.8 Å². The molecule has 0 saturated heterocycles. The number of nitrogens with two attached hydrogens (primary N) is 1. The van der Waals surface area contributed by atoms with Crippen LogP contribution in [0.2, 0.25) is 0 Å². The van der Waals surface area contributed by atoms with Gasteiger partial charge in [0, 0.05) is 20.4 Å². The normalized spacial score (nSPS) is 12.0. The van der Waals surface area contributed by atoms with Crippen molar-refractivity contribution in [1.29, 1.82) is 0 Å². The number of nitrogen functional groups attached to an aromatic ring is 1. The van der Waals surface area contributed by atoms with Crippen LogP contribution < -0.4 is 5.73 Å². The maximum atomic E-state index is 11.1. The second-order valence-electron chi connectivity index (χ2n) is 13.9. The maximum absolute atomic E-state index is 11.1. The van der Waals surface area contributed by atoms with Crippen molar-refractivity contribution < 1.29 is 48.0 Å². The average molecular weight is 866 g/mol. The number of unbranched alkanes of at least 4 members (excludes halogenated alkanes) is 18. The Labute approximate surface area is 364 Å². The van der Waals surface area contributed by atoms with Gasteiger partial charge in [0.1, 0.15) is 0 Å². The van der Waals surface area contributed by atoms with Gasteiger partial charge in [0.05, 0.1) is 0 Å². The zero-order valence-corrected chi connectivity index (χ0v) is 38.8. The molecular formula is C45H71NO6S3Ti. The molecule has 56 heavy (non-hydrogen) atoms. The van der Waals surface area contributed by atoms with Crippen molar-refractivity contribution in [3.63, 3.8) is 0 Å². The standard InChI is InChI=1S/2C18H30O2S.C6H7NO2S.C3H7.Ti/c2*1-2-3-4-5-6-7-8-9-10-11-14-17-15-12-13-16-18(17)21(19)20;7-5-1-3-6(4-2-5)10(8)9;1-3-2;/h2*12-13,15-16H,2-11,14H2,1H3,(H,19,20);1-4H,7H2,(H,8,9);3H,1-2H3;/q;;;-1;+4/p-3. The Hall–Kier alpha value is -1.50. The van der Waals surface area contributed by atoms with E-state index in [0.29, 0.717) is 15.5 Å². The predicted octanol–water partition coefficient (Wildman–Crippen LogP) is 12.5. The first-order valence-corrected chi connectivity index (χ1v) is 23.9. The Bertz CT molecular complexity index is 1330. The van der Waals surface area contributed by atoms with Gasteiger partial charge in [0.25, 0.3) is 0 Å². The van der Waals surface area contributed by atoms with E-state index in [9.17, 15) is 26.3 Å². The van der Waals surface area contributed by atoms with E-state index >= 15 is 0 Å². The van der Waals surface area contributed by atoms with Gasteiger partial charge in [-0.15, -0.1) is 0 Å². The van der Waals surface area contributed by atoms with Gasteiger partial charge in [0.15, 0.2) is 0 Å². The third-order valence-electron chi connectivity index (χ3n) is 8.98. The van der Waals surface area contributed by atoms with Gasteiger partial charge in [-0.25, -0.2) is 0 Å². The molecule has 0 aromatic heterocycles. The third kappa shape index (κ3) is 31.5. The monoisotopic (exact) mass is 865 g/mol. The summed E-state index contributed by atoms with van der Waals surface area (Å²) in [5.74, 6) is 0. The summed E-state index contributed by atoms with van der Waals surface area (Å²) in [6.45, 7) is 8.50. The van der Waals surface area contributed by atoms with Crippen LogP contribution in [0.3, 0.4) is 0 Å². The molecule has 11 heteroatoms. The Morgan fingerprint density at radius 3 is 1.04 bits per heavy atom. The molecule has 0 heterocycles. The van der Waals surface area contributed by atoms with E-state index in [4.69, 9.17) is 5.73 Å². The zero-order valence-electron chi connectivity index (χ0n) is 34.8. The van der Waals surface area contributed by atoms with Crippen LogP contribution in [0.25, 0.3) is 0 Å². The first-order valence-electron chi connectivity index (χ1n) is 20.7. The van der Waals surface area contributed by atoms with Crippen LogP contribution in [-0.4, -0.2) is 26.3 Å². The SMILES string of the molecule is CCCCCCCCCCCCc1ccccc1S(=O)[O-].CCCCCCCCCCCCc1ccccc1S(=O)[O-].C[CH-]C.Nc1ccc(S(=O)[O-])cc1.[Ti+4]. The molecule has 3 unspecified atom stereocenters. The zero-order chi connectivity index (χ0) is 40.9. The Morgan fingerprint density at radius 1 is 0.464 bits per heavy atom. The number of rotatable bonds is 25. The second-order valence-corrected chi connectivity index (χ2v) is 16.7. The molecule has 7 nitrogen and oxygen atoms in total. The summed E-state index contributed by atoms with van der Waals surface area (Å²) in [7, 11) is 0. The molecule has 3 aromatic rings. The van der Waals surface area contributed by atoms with Crippen molar-refractivity contribution in [2.45, 2.75) is 184 Å². The molecule has 3 aromatic carbocycles. The minimum atomic E-state index is -2.14. The minimum Gasteiger partial charge on any atom is -0.768 e. The first kappa shape index (κ1) is 56.6. The summed E-state index contributed by atoms with van der Waals surface area (Å²) in [6, 6.07) is 20.7. The van der Waals surface area contributed by atoms with Gasteiger partial charge in [-0.2, -0.15) is 13.8 Å². The van der Waals surface area contributed by atoms with E-state index in [0.717, 1.165) is 36.8 Å². The van der Waals surface area contributed by atoms with Crippen LogP contribution >= 0.6 is 0 Å². The molecule has 0 saturated carbocycles. The summed E-state index contributed by atoms with van der Waals surface area (Å²) in [5, 5.41) is 0. The van der Waals surface area contributed by atoms with Crippen molar-refractivity contribution >= 4 is 38.9 Å². The van der Waals surface area contributed by atoms with Crippen molar-refractivity contribution in [3.8, 4) is 0 Å². The number of hydrogen-bond acceptors (Lipinski definition) is 7. The van der Waals surface area contributed by atoms with E-state index in [1.807, 2.05) is 44.5 Å². The summed E-state index contributed by atoms with van der Waals surface area (Å²) in [6.07, 6.45) is 29.9. The number of aryl methyl sites for hydroxylation is 2. The van der Waals surface area contributed by atoms with E-state index in [-0.39, 0.29) is 26.6 Å². The Kier molecular flexibility index (Phi) is 40.7. The summed E-state index contributed by atoms with van der Waals surface area (Å²) < 4.78 is 65.0.